The van der Waals surface area contributed by atoms with Crippen LogP contribution in [-0.2, 0) is 0 Å². The van der Waals surface area contributed by atoms with Gasteiger partial charge in [0.05, 0.1) is 0 Å². The lowest BCUT2D eigenvalue weighted by Gasteiger charge is -1.95. The van der Waals surface area contributed by atoms with E-state index >= 15 is 0 Å². The lowest BCUT2D eigenvalue weighted by atomic mass is 10.1. The first-order valence-electron chi connectivity index (χ1n) is 3.40. The van der Waals surface area contributed by atoms with Crippen LogP contribution in [0.5, 0.6) is 0 Å². The first-order valence-corrected chi connectivity index (χ1v) is 3.77. The van der Waals surface area contributed by atoms with Gasteiger partial charge in [0.25, 0.3) is 0 Å². The molecule has 53 valence electrons. The van der Waals surface area contributed by atoms with Gasteiger partial charge in [0, 0.05) is 5.03 Å². The molecule has 0 aromatic carbocycles. The maximum atomic E-state index is 5.55. The van der Waals surface area contributed by atoms with Crippen LogP contribution in [0.1, 0.15) is 32.1 Å². The number of hydrogen-bond acceptors (Lipinski definition) is 0. The first kappa shape index (κ1) is 9.03. The predicted molar refractivity (Wildman–Crippen MR) is 43.4 cm³/mol. The third kappa shape index (κ3) is 8.03. The summed E-state index contributed by atoms with van der Waals surface area (Å²) in [6.45, 7) is 7.35. The van der Waals surface area contributed by atoms with Gasteiger partial charge in [-0.3, -0.25) is 0 Å². The van der Waals surface area contributed by atoms with Gasteiger partial charge < -0.3 is 0 Å². The van der Waals surface area contributed by atoms with Crippen LogP contribution >= 0.6 is 11.6 Å². The Balaban J connectivity index is 2.83. The van der Waals surface area contributed by atoms with Crippen molar-refractivity contribution in [2.24, 2.45) is 0 Å². The molecule has 0 amide bonds. The van der Waals surface area contributed by atoms with Crippen molar-refractivity contribution in [2.75, 3.05) is 0 Å². The smallest absolute Gasteiger partial charge is 0.0109 e. The van der Waals surface area contributed by atoms with Crippen molar-refractivity contribution in [3.8, 4) is 0 Å². The standard InChI is InChI=1S/C8H14Cl/c1-3-4-5-6-7-8(2)9/h1-7H2. The summed E-state index contributed by atoms with van der Waals surface area (Å²) in [5.41, 5.74) is 0. The third-order valence-electron chi connectivity index (χ3n) is 1.20. The summed E-state index contributed by atoms with van der Waals surface area (Å²) >= 11 is 5.55. The van der Waals surface area contributed by atoms with E-state index in [0.29, 0.717) is 0 Å². The van der Waals surface area contributed by atoms with Crippen LogP contribution in [0.15, 0.2) is 11.6 Å². The molecule has 0 saturated carbocycles. The summed E-state index contributed by atoms with van der Waals surface area (Å²) in [5.74, 6) is 0. The van der Waals surface area contributed by atoms with Crippen LogP contribution in [0.4, 0.5) is 0 Å². The minimum absolute atomic E-state index is 0.777. The maximum Gasteiger partial charge on any atom is 0.0109 e. The van der Waals surface area contributed by atoms with E-state index in [1.165, 1.54) is 12.8 Å². The van der Waals surface area contributed by atoms with Gasteiger partial charge in [-0.1, -0.05) is 44.4 Å². The highest BCUT2D eigenvalue weighted by Crippen LogP contribution is 2.10. The molecular formula is C8H14Cl. The highest BCUT2D eigenvalue weighted by atomic mass is 35.5. The van der Waals surface area contributed by atoms with E-state index in [1.807, 2.05) is 0 Å². The molecule has 0 fully saturated rings. The molecule has 0 heterocycles. The molecule has 1 heteroatoms. The molecule has 0 saturated heterocycles. The van der Waals surface area contributed by atoms with Gasteiger partial charge in [-0.05, 0) is 12.8 Å². The number of unbranched alkanes of at least 4 members (excludes halogenated alkanes) is 3. The van der Waals surface area contributed by atoms with Gasteiger partial charge in [0.15, 0.2) is 0 Å². The maximum absolute atomic E-state index is 5.55. The highest BCUT2D eigenvalue weighted by Gasteiger charge is 1.88. The topological polar surface area (TPSA) is 0 Å². The van der Waals surface area contributed by atoms with Crippen molar-refractivity contribution in [3.05, 3.63) is 18.5 Å². The van der Waals surface area contributed by atoms with E-state index in [2.05, 4.69) is 13.5 Å². The minimum Gasteiger partial charge on any atom is -0.0898 e. The van der Waals surface area contributed by atoms with Crippen LogP contribution in [0.3, 0.4) is 0 Å². The van der Waals surface area contributed by atoms with Crippen LogP contribution in [0.25, 0.3) is 0 Å². The Labute approximate surface area is 62.9 Å². The number of hydrogen-bond donors (Lipinski definition) is 0. The summed E-state index contributed by atoms with van der Waals surface area (Å²) in [7, 11) is 0. The van der Waals surface area contributed by atoms with E-state index in [0.717, 1.165) is 24.3 Å². The Bertz CT molecular complexity index is 76.6. The van der Waals surface area contributed by atoms with Crippen molar-refractivity contribution < 1.29 is 0 Å². The molecule has 9 heavy (non-hydrogen) atoms. The Morgan fingerprint density at radius 3 is 2.33 bits per heavy atom. The number of halogens is 1. The summed E-state index contributed by atoms with van der Waals surface area (Å²) in [6.07, 6.45) is 5.60. The minimum atomic E-state index is 0.777. The number of allylic oxidation sites excluding steroid dienone is 1. The second-order valence-corrected chi connectivity index (χ2v) is 2.72. The molecule has 0 unspecified atom stereocenters. The molecular weight excluding hydrogens is 132 g/mol. The second kappa shape index (κ2) is 6.15. The number of rotatable bonds is 5. The monoisotopic (exact) mass is 145 g/mol. The Morgan fingerprint density at radius 2 is 1.89 bits per heavy atom. The van der Waals surface area contributed by atoms with Crippen LogP contribution in [0, 0.1) is 6.92 Å². The zero-order chi connectivity index (χ0) is 7.11. The SMILES string of the molecule is [CH2]CCCCCC(=C)Cl. The fourth-order valence-corrected chi connectivity index (χ4v) is 0.804. The fourth-order valence-electron chi connectivity index (χ4n) is 0.670. The van der Waals surface area contributed by atoms with Crippen LogP contribution < -0.4 is 0 Å². The average molecular weight is 146 g/mol. The van der Waals surface area contributed by atoms with Crippen molar-refractivity contribution in [1.29, 1.82) is 0 Å². The predicted octanol–water partition coefficient (Wildman–Crippen LogP) is 3.52. The fraction of sp³-hybridized carbons (Fsp3) is 0.625. The lowest BCUT2D eigenvalue weighted by Crippen LogP contribution is -1.75. The Hall–Kier alpha value is 0.0300. The highest BCUT2D eigenvalue weighted by molar-refractivity contribution is 6.29. The first-order chi connectivity index (χ1) is 4.27. The van der Waals surface area contributed by atoms with Gasteiger partial charge in [0.1, 0.15) is 0 Å². The molecule has 0 aliphatic heterocycles. The Kier molecular flexibility index (Phi) is 6.18. The van der Waals surface area contributed by atoms with Crippen molar-refractivity contribution in [3.63, 3.8) is 0 Å². The summed E-state index contributed by atoms with van der Waals surface area (Å²) in [4.78, 5) is 0. The quantitative estimate of drug-likeness (QED) is 0.520. The summed E-state index contributed by atoms with van der Waals surface area (Å²) < 4.78 is 0. The van der Waals surface area contributed by atoms with E-state index in [-0.39, 0.29) is 0 Å². The molecule has 1 radical (unpaired) electrons. The third-order valence-corrected chi connectivity index (χ3v) is 1.39. The van der Waals surface area contributed by atoms with Crippen LogP contribution in [0.2, 0.25) is 0 Å². The Morgan fingerprint density at radius 1 is 1.22 bits per heavy atom. The zero-order valence-corrected chi connectivity index (χ0v) is 6.58. The summed E-state index contributed by atoms with van der Waals surface area (Å²) in [5, 5.41) is 0.777. The van der Waals surface area contributed by atoms with E-state index < -0.39 is 0 Å². The van der Waals surface area contributed by atoms with Gasteiger partial charge in [0.2, 0.25) is 0 Å². The summed E-state index contributed by atoms with van der Waals surface area (Å²) in [6, 6.07) is 0. The molecule has 0 atom stereocenters. The van der Waals surface area contributed by atoms with E-state index in [1.54, 1.807) is 0 Å². The van der Waals surface area contributed by atoms with E-state index in [9.17, 15) is 0 Å². The van der Waals surface area contributed by atoms with E-state index in [4.69, 9.17) is 11.6 Å². The van der Waals surface area contributed by atoms with Gasteiger partial charge in [-0.15, -0.1) is 0 Å². The molecule has 0 aromatic heterocycles. The molecule has 0 bridgehead atoms. The molecule has 0 aliphatic carbocycles. The average Bonchev–Trinajstić information content (AvgIpc) is 1.80. The largest absolute Gasteiger partial charge is 0.0898 e. The van der Waals surface area contributed by atoms with Crippen LogP contribution in [-0.4, -0.2) is 0 Å². The van der Waals surface area contributed by atoms with Crippen molar-refractivity contribution >= 4 is 11.6 Å². The molecule has 0 N–H and O–H groups in total. The zero-order valence-electron chi connectivity index (χ0n) is 5.83. The second-order valence-electron chi connectivity index (χ2n) is 2.18. The van der Waals surface area contributed by atoms with Crippen molar-refractivity contribution in [1.82, 2.24) is 0 Å². The molecule has 0 nitrogen and oxygen atoms in total. The van der Waals surface area contributed by atoms with Gasteiger partial charge >= 0.3 is 0 Å². The molecule has 0 spiro atoms. The van der Waals surface area contributed by atoms with Crippen molar-refractivity contribution in [2.45, 2.75) is 32.1 Å². The normalized spacial score (nSPS) is 9.56. The molecule has 0 rings (SSSR count). The van der Waals surface area contributed by atoms with Gasteiger partial charge in [-0.2, -0.15) is 0 Å². The molecule has 0 aromatic rings. The molecule has 0 aliphatic rings. The lowest BCUT2D eigenvalue weighted by molar-refractivity contribution is 0.692. The van der Waals surface area contributed by atoms with Gasteiger partial charge in [-0.25, -0.2) is 0 Å².